The predicted molar refractivity (Wildman–Crippen MR) is 67.5 cm³/mol. The Hall–Kier alpha value is 0.991. The third kappa shape index (κ3) is 527. The molecule has 0 radical (unpaired) electrons. The second-order valence-corrected chi connectivity index (χ2v) is 4.40. The van der Waals surface area contributed by atoms with Crippen molar-refractivity contribution in [2.24, 2.45) is 5.41 Å². The van der Waals surface area contributed by atoms with Crippen LogP contribution in [0.15, 0.2) is 0 Å². The zero-order chi connectivity index (χ0) is 18.7. The van der Waals surface area contributed by atoms with Crippen molar-refractivity contribution in [3.05, 3.63) is 0 Å². The Morgan fingerprint density at radius 3 is 0.591 bits per heavy atom. The van der Waals surface area contributed by atoms with Gasteiger partial charge < -0.3 is 51.8 Å². The molecule has 0 unspecified atom stereocenters. The maximum absolute atomic E-state index is 9.75. The van der Waals surface area contributed by atoms with Gasteiger partial charge in [-0.05, 0) is 5.41 Å². The SMILES string of the molecule is CCC(C)(C)C.F[B-](F)(F)F.F[B-](F)(F)F.F[B-](F)(F)F.[KH]. The summed E-state index contributed by atoms with van der Waals surface area (Å²) in [5.74, 6) is 0. The van der Waals surface area contributed by atoms with Gasteiger partial charge in [0, 0.05) is 0 Å². The molecule has 0 rings (SSSR count). The fourth-order valence-corrected chi connectivity index (χ4v) is 0. The molecule has 0 aromatic rings. The fourth-order valence-electron chi connectivity index (χ4n) is 0. The van der Waals surface area contributed by atoms with Crippen molar-refractivity contribution >= 4 is 73.1 Å². The van der Waals surface area contributed by atoms with Gasteiger partial charge in [-0.15, -0.1) is 0 Å². The van der Waals surface area contributed by atoms with Crippen LogP contribution < -0.4 is 0 Å². The minimum absolute atomic E-state index is 0. The number of rotatable bonds is 0. The molecule has 16 heteroatoms. The van der Waals surface area contributed by atoms with Gasteiger partial charge in [-0.25, -0.2) is 0 Å². The van der Waals surface area contributed by atoms with Crippen LogP contribution in [0.3, 0.4) is 0 Å². The summed E-state index contributed by atoms with van der Waals surface area (Å²) in [6.45, 7) is 8.94. The normalized spacial score (nSPS) is 11.5. The maximum atomic E-state index is 9.75. The average molecular weight is 387 g/mol. The van der Waals surface area contributed by atoms with E-state index in [0.29, 0.717) is 5.41 Å². The summed E-state index contributed by atoms with van der Waals surface area (Å²) >= 11 is 0. The van der Waals surface area contributed by atoms with Crippen LogP contribution in [0.25, 0.3) is 0 Å². The van der Waals surface area contributed by atoms with Gasteiger partial charge >= 0.3 is 73.1 Å². The van der Waals surface area contributed by atoms with Crippen LogP contribution in [0.5, 0.6) is 0 Å². The fraction of sp³-hybridized carbons (Fsp3) is 1.00. The first kappa shape index (κ1) is 34.4. The molecule has 136 valence electrons. The molecule has 0 heterocycles. The molecule has 0 aromatic heterocycles. The standard InChI is InChI=1S/C6H14.3BF4.K.H/c1-5-6(2,3)4;3*2-1(3,4)5;;/h5H2,1-4H3;;;;;/q;3*-1;;. The van der Waals surface area contributed by atoms with Crippen LogP contribution in [0.1, 0.15) is 34.1 Å². The summed E-state index contributed by atoms with van der Waals surface area (Å²) in [4.78, 5) is 0. The van der Waals surface area contributed by atoms with E-state index in [0.717, 1.165) is 0 Å². The molecule has 0 aliphatic carbocycles. The summed E-state index contributed by atoms with van der Waals surface area (Å²) in [5, 5.41) is 0. The number of hydrogen-bond acceptors (Lipinski definition) is 0. The van der Waals surface area contributed by atoms with Crippen LogP contribution >= 0.6 is 0 Å². The van der Waals surface area contributed by atoms with Crippen molar-refractivity contribution in [1.29, 1.82) is 0 Å². The van der Waals surface area contributed by atoms with E-state index >= 15 is 0 Å². The van der Waals surface area contributed by atoms with E-state index in [4.69, 9.17) is 0 Å². The molecule has 0 saturated heterocycles. The molecule has 0 fully saturated rings. The first-order valence-electron chi connectivity index (χ1n) is 5.18. The Bertz CT molecular complexity index is 182. The van der Waals surface area contributed by atoms with E-state index in [2.05, 4.69) is 27.7 Å². The molecule has 22 heavy (non-hydrogen) atoms. The monoisotopic (exact) mass is 387 g/mol. The summed E-state index contributed by atoms with van der Waals surface area (Å²) in [6.07, 6.45) is 1.27. The quantitative estimate of drug-likeness (QED) is 0.370. The summed E-state index contributed by atoms with van der Waals surface area (Å²) < 4.78 is 117. The number of halogens is 12. The first-order chi connectivity index (χ1) is 8.56. The molecule has 0 aliphatic heterocycles. The van der Waals surface area contributed by atoms with Crippen molar-refractivity contribution in [2.75, 3.05) is 0 Å². The van der Waals surface area contributed by atoms with Gasteiger partial charge in [-0.3, -0.25) is 0 Å². The second-order valence-electron chi connectivity index (χ2n) is 4.40. The first-order valence-corrected chi connectivity index (χ1v) is 5.18. The van der Waals surface area contributed by atoms with E-state index in [1.54, 1.807) is 0 Å². The summed E-state index contributed by atoms with van der Waals surface area (Å²) in [7, 11) is -18.0. The van der Waals surface area contributed by atoms with Gasteiger partial charge in [0.15, 0.2) is 0 Å². The van der Waals surface area contributed by atoms with E-state index < -0.39 is 21.8 Å². The van der Waals surface area contributed by atoms with Crippen LogP contribution in [-0.4, -0.2) is 73.1 Å². The van der Waals surface area contributed by atoms with Crippen molar-refractivity contribution in [3.8, 4) is 0 Å². The summed E-state index contributed by atoms with van der Waals surface area (Å²) in [6, 6.07) is 0. The Balaban J connectivity index is -0.0000000577. The van der Waals surface area contributed by atoms with Gasteiger partial charge in [0.1, 0.15) is 0 Å². The minimum atomic E-state index is -6.00. The molecular formula is C6H15B3F12K-3. The third-order valence-electron chi connectivity index (χ3n) is 1.06. The Labute approximate surface area is 163 Å². The zero-order valence-electron chi connectivity index (χ0n) is 11.5. The van der Waals surface area contributed by atoms with Crippen LogP contribution in [-0.2, 0) is 0 Å². The Morgan fingerprint density at radius 2 is 0.591 bits per heavy atom. The molecule has 0 aromatic carbocycles. The molecular weight excluding hydrogens is 372 g/mol. The van der Waals surface area contributed by atoms with Gasteiger partial charge in [0.25, 0.3) is 0 Å². The van der Waals surface area contributed by atoms with E-state index in [9.17, 15) is 51.8 Å². The molecule has 0 spiro atoms. The summed E-state index contributed by atoms with van der Waals surface area (Å²) in [5.41, 5.74) is 0.542. The topological polar surface area (TPSA) is 0 Å². The van der Waals surface area contributed by atoms with E-state index in [-0.39, 0.29) is 51.4 Å². The van der Waals surface area contributed by atoms with Crippen molar-refractivity contribution < 1.29 is 51.8 Å². The average Bonchev–Trinajstić information content (AvgIpc) is 1.91. The van der Waals surface area contributed by atoms with Crippen LogP contribution in [0.2, 0.25) is 0 Å². The van der Waals surface area contributed by atoms with E-state index in [1.807, 2.05) is 0 Å². The third-order valence-corrected chi connectivity index (χ3v) is 1.06. The Morgan fingerprint density at radius 1 is 0.545 bits per heavy atom. The van der Waals surface area contributed by atoms with Crippen LogP contribution in [0, 0.1) is 5.41 Å². The van der Waals surface area contributed by atoms with E-state index in [1.165, 1.54) is 6.42 Å². The van der Waals surface area contributed by atoms with Gasteiger partial charge in [-0.2, -0.15) is 0 Å². The van der Waals surface area contributed by atoms with Crippen molar-refractivity contribution in [2.45, 2.75) is 34.1 Å². The van der Waals surface area contributed by atoms with Gasteiger partial charge in [0.2, 0.25) is 0 Å². The Kier molecular flexibility index (Phi) is 22.4. The van der Waals surface area contributed by atoms with Gasteiger partial charge in [-0.1, -0.05) is 34.1 Å². The van der Waals surface area contributed by atoms with Crippen LogP contribution in [0.4, 0.5) is 51.8 Å². The van der Waals surface area contributed by atoms with Gasteiger partial charge in [0.05, 0.1) is 0 Å². The van der Waals surface area contributed by atoms with Crippen molar-refractivity contribution in [3.63, 3.8) is 0 Å². The second kappa shape index (κ2) is 14.3. The molecule has 0 bridgehead atoms. The molecule has 0 atom stereocenters. The molecule has 0 N–H and O–H groups in total. The van der Waals surface area contributed by atoms with Crippen molar-refractivity contribution in [1.82, 2.24) is 0 Å². The predicted octanol–water partition coefficient (Wildman–Crippen LogP) is 5.69. The zero-order valence-corrected chi connectivity index (χ0v) is 11.5. The molecule has 0 aliphatic rings. The number of hydrogen-bond donors (Lipinski definition) is 0. The molecule has 0 nitrogen and oxygen atoms in total. The molecule has 0 saturated carbocycles. The molecule has 0 amide bonds.